The second-order valence-corrected chi connectivity index (χ2v) is 10.1. The second-order valence-electron chi connectivity index (χ2n) is 10.1. The van der Waals surface area contributed by atoms with Crippen molar-refractivity contribution in [3.63, 3.8) is 0 Å². The summed E-state index contributed by atoms with van der Waals surface area (Å²) in [6.07, 6.45) is 1.11. The van der Waals surface area contributed by atoms with E-state index in [4.69, 9.17) is 4.74 Å². The van der Waals surface area contributed by atoms with Crippen molar-refractivity contribution in [2.24, 2.45) is 0 Å². The van der Waals surface area contributed by atoms with E-state index in [0.717, 1.165) is 34.5 Å². The molecular weight excluding hydrogens is 507 g/mol. The molecular formula is C33H33FN2O4. The lowest BCUT2D eigenvalue weighted by Crippen LogP contribution is -2.33. The van der Waals surface area contributed by atoms with E-state index in [1.807, 2.05) is 60.7 Å². The van der Waals surface area contributed by atoms with Crippen molar-refractivity contribution in [2.75, 3.05) is 5.32 Å². The van der Waals surface area contributed by atoms with Crippen molar-refractivity contribution in [1.82, 2.24) is 4.57 Å². The van der Waals surface area contributed by atoms with Gasteiger partial charge in [0.1, 0.15) is 11.9 Å². The molecule has 2 atom stereocenters. The Morgan fingerprint density at radius 1 is 1.00 bits per heavy atom. The molecule has 206 valence electrons. The number of halogens is 1. The Hall–Kier alpha value is -4.23. The largest absolute Gasteiger partial charge is 0.462 e. The van der Waals surface area contributed by atoms with E-state index in [0.29, 0.717) is 37.1 Å². The number of carbonyl (C=O) groups is 2. The van der Waals surface area contributed by atoms with Gasteiger partial charge in [-0.1, -0.05) is 61.9 Å². The first-order valence-electron chi connectivity index (χ1n) is 13.7. The van der Waals surface area contributed by atoms with Gasteiger partial charge in [-0.25, -0.2) is 4.39 Å². The number of anilines is 1. The molecule has 40 heavy (non-hydrogen) atoms. The summed E-state index contributed by atoms with van der Waals surface area (Å²) in [5, 5.41) is 13.2. The fraction of sp³-hybridized carbons (Fsp3) is 0.273. The average Bonchev–Trinajstić information content (AvgIpc) is 3.27. The van der Waals surface area contributed by atoms with E-state index in [1.165, 1.54) is 12.1 Å². The summed E-state index contributed by atoms with van der Waals surface area (Å²) in [5.41, 5.74) is 5.33. The summed E-state index contributed by atoms with van der Waals surface area (Å²) >= 11 is 0. The predicted octanol–water partition coefficient (Wildman–Crippen LogP) is 6.62. The lowest BCUT2D eigenvalue weighted by Gasteiger charge is -2.26. The minimum atomic E-state index is -0.727. The number of nitrogens with one attached hydrogen (secondary N) is 1. The van der Waals surface area contributed by atoms with Gasteiger partial charge in [-0.15, -0.1) is 0 Å². The molecule has 5 rings (SSSR count). The van der Waals surface area contributed by atoms with Crippen molar-refractivity contribution in [2.45, 2.75) is 57.8 Å². The first-order valence-corrected chi connectivity index (χ1v) is 13.7. The number of carbonyl (C=O) groups excluding carboxylic acids is 2. The first-order chi connectivity index (χ1) is 19.4. The van der Waals surface area contributed by atoms with Crippen molar-refractivity contribution in [3.8, 4) is 22.4 Å². The van der Waals surface area contributed by atoms with Crippen LogP contribution in [0.15, 0.2) is 84.9 Å². The van der Waals surface area contributed by atoms with Gasteiger partial charge in [0.25, 0.3) is 5.91 Å². The van der Waals surface area contributed by atoms with Crippen LogP contribution >= 0.6 is 0 Å². The SMILES string of the molecule is CCCc1c(C(=O)Nc2ccccc2)c(-c2ccccc2)c(-c2ccc(F)cc2)n1CC[C@@H]1C[C@@H](O)CC(=O)O1. The maximum Gasteiger partial charge on any atom is 0.308 e. The third kappa shape index (κ3) is 6.00. The number of amides is 1. The molecule has 1 amide bonds. The normalized spacial score (nSPS) is 16.9. The third-order valence-electron chi connectivity index (χ3n) is 7.21. The summed E-state index contributed by atoms with van der Waals surface area (Å²) in [6, 6.07) is 25.4. The molecule has 4 aromatic rings. The maximum atomic E-state index is 14.1. The molecule has 1 saturated heterocycles. The first kappa shape index (κ1) is 27.3. The number of aliphatic hydroxyl groups is 1. The third-order valence-corrected chi connectivity index (χ3v) is 7.21. The summed E-state index contributed by atoms with van der Waals surface area (Å²) in [7, 11) is 0. The molecule has 0 radical (unpaired) electrons. The molecule has 1 aliphatic heterocycles. The molecule has 1 fully saturated rings. The van der Waals surface area contributed by atoms with Crippen LogP contribution < -0.4 is 5.32 Å². The van der Waals surface area contributed by atoms with Gasteiger partial charge in [-0.05, 0) is 53.9 Å². The Kier molecular flexibility index (Phi) is 8.41. The van der Waals surface area contributed by atoms with Crippen molar-refractivity contribution in [1.29, 1.82) is 0 Å². The van der Waals surface area contributed by atoms with E-state index in [1.54, 1.807) is 12.1 Å². The van der Waals surface area contributed by atoms with E-state index in [9.17, 15) is 19.1 Å². The van der Waals surface area contributed by atoms with Crippen molar-refractivity contribution < 1.29 is 23.8 Å². The van der Waals surface area contributed by atoms with Gasteiger partial charge in [0.05, 0.1) is 23.8 Å². The average molecular weight is 541 g/mol. The van der Waals surface area contributed by atoms with Gasteiger partial charge in [0.15, 0.2) is 0 Å². The predicted molar refractivity (Wildman–Crippen MR) is 153 cm³/mol. The van der Waals surface area contributed by atoms with Crippen LogP contribution in [-0.4, -0.2) is 33.8 Å². The van der Waals surface area contributed by atoms with Gasteiger partial charge in [0, 0.05) is 36.3 Å². The topological polar surface area (TPSA) is 80.6 Å². The van der Waals surface area contributed by atoms with Crippen LogP contribution in [0.2, 0.25) is 0 Å². The standard InChI is InChI=1S/C33H33FN2O4/c1-2-9-28-31(33(39)35-25-12-7-4-8-13-25)30(22-10-5-3-6-11-22)32(23-14-16-24(34)17-15-23)36(28)19-18-27-20-26(37)21-29(38)40-27/h3-8,10-17,26-27,37H,2,9,18-21H2,1H3,(H,35,39)/t26-,27-/m1/s1. The number of ether oxygens (including phenoxy) is 1. The molecule has 3 aromatic carbocycles. The highest BCUT2D eigenvalue weighted by Gasteiger charge is 2.31. The zero-order valence-corrected chi connectivity index (χ0v) is 22.5. The molecule has 2 N–H and O–H groups in total. The molecule has 0 bridgehead atoms. The minimum absolute atomic E-state index is 0.00386. The molecule has 7 heteroatoms. The minimum Gasteiger partial charge on any atom is -0.462 e. The van der Waals surface area contributed by atoms with E-state index in [2.05, 4.69) is 16.8 Å². The zero-order chi connectivity index (χ0) is 28.1. The van der Waals surface area contributed by atoms with Gasteiger partial charge in [-0.2, -0.15) is 0 Å². The van der Waals surface area contributed by atoms with Crippen LogP contribution in [0.5, 0.6) is 0 Å². The van der Waals surface area contributed by atoms with Crippen LogP contribution in [-0.2, 0) is 22.5 Å². The highest BCUT2D eigenvalue weighted by Crippen LogP contribution is 2.41. The van der Waals surface area contributed by atoms with E-state index in [-0.39, 0.29) is 18.1 Å². The summed E-state index contributed by atoms with van der Waals surface area (Å²) < 4.78 is 21.7. The number of hydrogen-bond acceptors (Lipinski definition) is 4. The van der Waals surface area contributed by atoms with Crippen LogP contribution in [0, 0.1) is 5.82 Å². The number of rotatable bonds is 9. The van der Waals surface area contributed by atoms with Crippen molar-refractivity contribution >= 4 is 17.6 Å². The number of aromatic nitrogens is 1. The molecule has 0 aliphatic carbocycles. The molecule has 6 nitrogen and oxygen atoms in total. The molecule has 1 aromatic heterocycles. The summed E-state index contributed by atoms with van der Waals surface area (Å²) in [5.74, 6) is -0.978. The van der Waals surface area contributed by atoms with Crippen molar-refractivity contribution in [3.05, 3.63) is 102 Å². The van der Waals surface area contributed by atoms with E-state index >= 15 is 0 Å². The van der Waals surface area contributed by atoms with Gasteiger partial charge in [0.2, 0.25) is 0 Å². The number of hydrogen-bond donors (Lipinski definition) is 2. The molecule has 0 saturated carbocycles. The monoisotopic (exact) mass is 540 g/mol. The zero-order valence-electron chi connectivity index (χ0n) is 22.5. The Balaban J connectivity index is 1.69. The highest BCUT2D eigenvalue weighted by molar-refractivity contribution is 6.12. The number of esters is 1. The lowest BCUT2D eigenvalue weighted by atomic mass is 9.95. The quantitative estimate of drug-likeness (QED) is 0.234. The molecule has 2 heterocycles. The fourth-order valence-electron chi connectivity index (χ4n) is 5.48. The number of cyclic esters (lactones) is 1. The highest BCUT2D eigenvalue weighted by atomic mass is 19.1. The van der Waals surface area contributed by atoms with Crippen LogP contribution in [0.3, 0.4) is 0 Å². The summed E-state index contributed by atoms with van der Waals surface area (Å²) in [6.45, 7) is 2.51. The molecule has 0 unspecified atom stereocenters. The Labute approximate surface area is 233 Å². The fourth-order valence-corrected chi connectivity index (χ4v) is 5.48. The van der Waals surface area contributed by atoms with Gasteiger partial charge in [-0.3, -0.25) is 9.59 Å². The lowest BCUT2D eigenvalue weighted by molar-refractivity contribution is -0.160. The molecule has 1 aliphatic rings. The van der Waals surface area contributed by atoms with Crippen LogP contribution in [0.1, 0.15) is 48.7 Å². The van der Waals surface area contributed by atoms with Crippen LogP contribution in [0.4, 0.5) is 10.1 Å². The second kappa shape index (κ2) is 12.3. The maximum absolute atomic E-state index is 14.1. The number of aliphatic hydroxyl groups excluding tert-OH is 1. The van der Waals surface area contributed by atoms with E-state index < -0.39 is 18.2 Å². The Morgan fingerprint density at radius 3 is 2.33 bits per heavy atom. The van der Waals surface area contributed by atoms with Gasteiger partial charge < -0.3 is 19.7 Å². The smallest absolute Gasteiger partial charge is 0.308 e. The Bertz CT molecular complexity index is 1470. The van der Waals surface area contributed by atoms with Crippen LogP contribution in [0.25, 0.3) is 22.4 Å². The summed E-state index contributed by atoms with van der Waals surface area (Å²) in [4.78, 5) is 26.1. The molecule has 0 spiro atoms. The number of benzene rings is 3. The van der Waals surface area contributed by atoms with Gasteiger partial charge >= 0.3 is 5.97 Å². The number of para-hydroxylation sites is 1. The number of nitrogens with zero attached hydrogens (tertiary/aromatic N) is 1. The Morgan fingerprint density at radius 2 is 1.68 bits per heavy atom.